The van der Waals surface area contributed by atoms with Crippen molar-refractivity contribution >= 4 is 32.9 Å². The quantitative estimate of drug-likeness (QED) is 0.364. The molecular weight excluding hydrogens is 568 g/mol. The van der Waals surface area contributed by atoms with Crippen LogP contribution in [0.15, 0.2) is 59.5 Å². The van der Waals surface area contributed by atoms with Crippen molar-refractivity contribution in [2.75, 3.05) is 40.5 Å². The van der Waals surface area contributed by atoms with Crippen molar-refractivity contribution in [2.45, 2.75) is 49.5 Å². The van der Waals surface area contributed by atoms with Gasteiger partial charge in [-0.1, -0.05) is 30.3 Å². The molecular formula is C32H40N4O6S. The summed E-state index contributed by atoms with van der Waals surface area (Å²) < 4.78 is 37.0. The molecule has 1 aliphatic carbocycles. The number of ether oxygens (including phenoxy) is 2. The zero-order valence-electron chi connectivity index (χ0n) is 24.8. The Labute approximate surface area is 253 Å². The second-order valence-electron chi connectivity index (χ2n) is 11.6. The third kappa shape index (κ3) is 7.70. The first-order chi connectivity index (χ1) is 20.7. The molecule has 0 radical (unpaired) electrons. The molecule has 5 rings (SSSR count). The summed E-state index contributed by atoms with van der Waals surface area (Å²) in [7, 11) is -0.556. The lowest BCUT2D eigenvalue weighted by molar-refractivity contribution is 0.0685. The fourth-order valence-electron chi connectivity index (χ4n) is 5.70. The van der Waals surface area contributed by atoms with E-state index < -0.39 is 10.0 Å². The van der Waals surface area contributed by atoms with Gasteiger partial charge < -0.3 is 20.1 Å². The number of sulfonamides is 1. The molecule has 230 valence electrons. The predicted molar refractivity (Wildman–Crippen MR) is 164 cm³/mol. The third-order valence-electron chi connectivity index (χ3n) is 8.40. The van der Waals surface area contributed by atoms with Crippen LogP contribution >= 0.6 is 0 Å². The van der Waals surface area contributed by atoms with Crippen molar-refractivity contribution in [3.63, 3.8) is 0 Å². The Hall–Kier alpha value is -3.54. The number of aromatic nitrogens is 1. The van der Waals surface area contributed by atoms with Gasteiger partial charge in [0.25, 0.3) is 5.91 Å². The maximum atomic E-state index is 13.5. The minimum atomic E-state index is -3.55. The van der Waals surface area contributed by atoms with E-state index in [0.29, 0.717) is 55.0 Å². The van der Waals surface area contributed by atoms with Gasteiger partial charge in [-0.3, -0.25) is 4.79 Å². The Balaban J connectivity index is 1.17. The Morgan fingerprint density at radius 2 is 1.63 bits per heavy atom. The highest BCUT2D eigenvalue weighted by Gasteiger charge is 2.24. The highest BCUT2D eigenvalue weighted by molar-refractivity contribution is 7.89. The first kappa shape index (κ1) is 30.9. The molecule has 2 fully saturated rings. The zero-order chi connectivity index (χ0) is 30.4. The number of carbonyl (C=O) groups is 2. The van der Waals surface area contributed by atoms with E-state index in [1.165, 1.54) is 18.4 Å². The maximum Gasteiger partial charge on any atom is 0.407 e. The summed E-state index contributed by atoms with van der Waals surface area (Å²) in [6.45, 7) is 2.33. The lowest BCUT2D eigenvalue weighted by atomic mass is 9.82. The van der Waals surface area contributed by atoms with Crippen molar-refractivity contribution in [2.24, 2.45) is 11.8 Å². The first-order valence-electron chi connectivity index (χ1n) is 14.9. The van der Waals surface area contributed by atoms with Crippen LogP contribution in [0.3, 0.4) is 0 Å². The minimum absolute atomic E-state index is 0.127. The van der Waals surface area contributed by atoms with Crippen molar-refractivity contribution in [3.8, 4) is 11.3 Å². The van der Waals surface area contributed by atoms with Crippen molar-refractivity contribution in [1.29, 1.82) is 0 Å². The molecule has 2 aromatic carbocycles. The van der Waals surface area contributed by atoms with Crippen molar-refractivity contribution < 1.29 is 27.5 Å². The lowest BCUT2D eigenvalue weighted by Gasteiger charge is -2.29. The lowest BCUT2D eigenvalue weighted by Crippen LogP contribution is -2.40. The Morgan fingerprint density at radius 3 is 2.33 bits per heavy atom. The number of hydrogen-bond acceptors (Lipinski definition) is 7. The van der Waals surface area contributed by atoms with Crippen LogP contribution in [0.5, 0.6) is 0 Å². The first-order valence-corrected chi connectivity index (χ1v) is 16.4. The largest absolute Gasteiger partial charge is 0.449 e. The summed E-state index contributed by atoms with van der Waals surface area (Å²) in [6.07, 6.45) is 5.11. The highest BCUT2D eigenvalue weighted by atomic mass is 32.2. The maximum absolute atomic E-state index is 13.5. The van der Waals surface area contributed by atoms with E-state index in [1.54, 1.807) is 30.3 Å². The van der Waals surface area contributed by atoms with E-state index in [0.717, 1.165) is 49.5 Å². The molecule has 11 heteroatoms. The van der Waals surface area contributed by atoms with Crippen LogP contribution in [0.4, 0.5) is 4.79 Å². The van der Waals surface area contributed by atoms with E-state index in [9.17, 15) is 18.0 Å². The van der Waals surface area contributed by atoms with Crippen LogP contribution in [-0.4, -0.2) is 76.2 Å². The molecule has 1 aliphatic heterocycles. The molecule has 2 N–H and O–H groups in total. The van der Waals surface area contributed by atoms with Gasteiger partial charge in [0.2, 0.25) is 10.0 Å². The number of rotatable bonds is 9. The van der Waals surface area contributed by atoms with Crippen LogP contribution in [0.25, 0.3) is 22.2 Å². The van der Waals surface area contributed by atoms with E-state index in [1.807, 2.05) is 24.3 Å². The number of nitrogens with zero attached hydrogens (tertiary/aromatic N) is 2. The summed E-state index contributed by atoms with van der Waals surface area (Å²) in [5.74, 6) is 0.523. The van der Waals surface area contributed by atoms with Gasteiger partial charge in [-0.15, -0.1) is 0 Å². The molecule has 2 amide bonds. The zero-order valence-corrected chi connectivity index (χ0v) is 25.6. The van der Waals surface area contributed by atoms with E-state index in [4.69, 9.17) is 14.5 Å². The molecule has 43 heavy (non-hydrogen) atoms. The molecule has 0 spiro atoms. The van der Waals surface area contributed by atoms with Gasteiger partial charge >= 0.3 is 6.09 Å². The SMILES string of the molecule is CN(C)S(=O)(=O)c1ccc(-c2cc(C(=O)NCC3CCC(COC(=O)NC4CCOCC4)CC3)c3ccccc3n2)cc1. The number of amides is 2. The number of carbonyl (C=O) groups excluding carboxylic acids is 2. The second-order valence-corrected chi connectivity index (χ2v) is 13.8. The highest BCUT2D eigenvalue weighted by Crippen LogP contribution is 2.30. The Bertz CT molecular complexity index is 1530. The smallest absolute Gasteiger partial charge is 0.407 e. The molecule has 1 saturated carbocycles. The van der Waals surface area contributed by atoms with Crippen LogP contribution < -0.4 is 10.6 Å². The van der Waals surface area contributed by atoms with Gasteiger partial charge in [0.1, 0.15) is 0 Å². The number of benzene rings is 2. The fourth-order valence-corrected chi connectivity index (χ4v) is 6.60. The normalized spacial score (nSPS) is 19.7. The van der Waals surface area contributed by atoms with Crippen molar-refractivity contribution in [3.05, 3.63) is 60.2 Å². The molecule has 3 aromatic rings. The molecule has 10 nitrogen and oxygen atoms in total. The molecule has 0 unspecified atom stereocenters. The molecule has 0 bridgehead atoms. The van der Waals surface area contributed by atoms with E-state index >= 15 is 0 Å². The summed E-state index contributed by atoms with van der Waals surface area (Å²) in [5, 5.41) is 6.83. The predicted octanol–water partition coefficient (Wildman–Crippen LogP) is 4.59. The van der Waals surface area contributed by atoms with Gasteiger partial charge in [0, 0.05) is 50.8 Å². The Kier molecular flexibility index (Phi) is 9.94. The third-order valence-corrected chi connectivity index (χ3v) is 10.2. The average molecular weight is 609 g/mol. The summed E-state index contributed by atoms with van der Waals surface area (Å²) in [6, 6.07) is 16.0. The van der Waals surface area contributed by atoms with Crippen LogP contribution in [0.2, 0.25) is 0 Å². The van der Waals surface area contributed by atoms with Crippen LogP contribution in [0.1, 0.15) is 48.9 Å². The van der Waals surface area contributed by atoms with Gasteiger partial charge in [0.05, 0.1) is 28.3 Å². The number of hydrogen-bond donors (Lipinski definition) is 2. The van der Waals surface area contributed by atoms with Gasteiger partial charge in [-0.05, 0) is 74.6 Å². The molecule has 2 heterocycles. The molecule has 0 atom stereocenters. The number of pyridine rings is 1. The summed E-state index contributed by atoms with van der Waals surface area (Å²) in [5.41, 5.74) is 2.54. The van der Waals surface area contributed by atoms with Gasteiger partial charge in [-0.25, -0.2) is 22.5 Å². The minimum Gasteiger partial charge on any atom is -0.449 e. The Morgan fingerprint density at radius 1 is 0.953 bits per heavy atom. The number of fused-ring (bicyclic) bond motifs is 1. The standard InChI is InChI=1S/C32H40N4O6S/c1-36(2)43(39,40)26-13-11-24(12-14-26)30-19-28(27-5-3-4-6-29(27)35-30)31(37)33-20-22-7-9-23(10-8-22)21-42-32(38)34-25-15-17-41-18-16-25/h3-6,11-14,19,22-23,25H,7-10,15-18,20-21H2,1-2H3,(H,33,37)(H,34,38). The number of nitrogens with one attached hydrogen (secondary N) is 2. The molecule has 1 saturated heterocycles. The van der Waals surface area contributed by atoms with E-state index in [-0.39, 0.29) is 22.9 Å². The fraction of sp³-hybridized carbons (Fsp3) is 0.469. The summed E-state index contributed by atoms with van der Waals surface area (Å²) >= 11 is 0. The van der Waals surface area contributed by atoms with E-state index in [2.05, 4.69) is 10.6 Å². The molecule has 2 aliphatic rings. The van der Waals surface area contributed by atoms with Crippen LogP contribution in [-0.2, 0) is 19.5 Å². The van der Waals surface area contributed by atoms with Crippen LogP contribution in [0, 0.1) is 11.8 Å². The van der Waals surface area contributed by atoms with Crippen molar-refractivity contribution in [1.82, 2.24) is 19.9 Å². The topological polar surface area (TPSA) is 127 Å². The van der Waals surface area contributed by atoms with Gasteiger partial charge in [-0.2, -0.15) is 0 Å². The second kappa shape index (κ2) is 13.8. The summed E-state index contributed by atoms with van der Waals surface area (Å²) in [4.78, 5) is 30.6. The monoisotopic (exact) mass is 608 g/mol. The number of alkyl carbamates (subject to hydrolysis) is 1. The number of para-hydroxylation sites is 1. The van der Waals surface area contributed by atoms with Gasteiger partial charge in [0.15, 0.2) is 0 Å². The molecule has 1 aromatic heterocycles. The average Bonchev–Trinajstić information content (AvgIpc) is 3.03.